The van der Waals surface area contributed by atoms with E-state index < -0.39 is 0 Å². The van der Waals surface area contributed by atoms with Crippen molar-refractivity contribution < 1.29 is 5.11 Å². The number of hydrogen-bond acceptors (Lipinski definition) is 2. The predicted octanol–water partition coefficient (Wildman–Crippen LogP) is 7.75. The van der Waals surface area contributed by atoms with Crippen molar-refractivity contribution in [2.75, 3.05) is 0 Å². The van der Waals surface area contributed by atoms with Crippen LogP contribution in [0.2, 0.25) is 0 Å². The van der Waals surface area contributed by atoms with Gasteiger partial charge in [0.05, 0.1) is 17.5 Å². The second-order valence-electron chi connectivity index (χ2n) is 12.4. The van der Waals surface area contributed by atoms with E-state index in [9.17, 15) is 5.11 Å². The Hall–Kier alpha value is -2.71. The van der Waals surface area contributed by atoms with Crippen molar-refractivity contribution in [2.45, 2.75) is 70.3 Å². The first-order chi connectivity index (χ1) is 17.5. The smallest absolute Gasteiger partial charge is 0.0711 e. The third-order valence-corrected chi connectivity index (χ3v) is 10.7. The first kappa shape index (κ1) is 22.5. The van der Waals surface area contributed by atoms with Crippen LogP contribution in [0.3, 0.4) is 0 Å². The van der Waals surface area contributed by atoms with E-state index >= 15 is 0 Å². The molecule has 0 aliphatic heterocycles. The van der Waals surface area contributed by atoms with Crippen molar-refractivity contribution in [3.05, 3.63) is 89.6 Å². The zero-order chi connectivity index (χ0) is 24.5. The molecule has 2 heteroatoms. The van der Waals surface area contributed by atoms with Crippen LogP contribution in [0.15, 0.2) is 78.4 Å². The van der Waals surface area contributed by atoms with Crippen molar-refractivity contribution in [1.82, 2.24) is 4.98 Å². The highest BCUT2D eigenvalue weighted by Gasteiger charge is 2.58. The number of fused-ring (bicyclic) bond motifs is 7. The van der Waals surface area contributed by atoms with Gasteiger partial charge in [0.1, 0.15) is 0 Å². The number of aliphatic hydroxyl groups excluding tert-OH is 1. The minimum absolute atomic E-state index is 0.126. The molecule has 0 spiro atoms. The van der Waals surface area contributed by atoms with Gasteiger partial charge < -0.3 is 5.11 Å². The van der Waals surface area contributed by atoms with Crippen LogP contribution >= 0.6 is 0 Å². The summed E-state index contributed by atoms with van der Waals surface area (Å²) < 4.78 is 0. The monoisotopic (exact) mass is 475 g/mol. The molecule has 1 N–H and O–H groups in total. The Bertz CT molecular complexity index is 1330. The minimum atomic E-state index is -0.139. The molecule has 0 amide bonds. The number of nitrogens with zero attached hydrogens (tertiary/aromatic N) is 1. The maximum atomic E-state index is 10.4. The molecule has 4 aliphatic carbocycles. The molecule has 3 aromatic rings. The zero-order valence-corrected chi connectivity index (χ0v) is 21.6. The van der Waals surface area contributed by atoms with E-state index in [4.69, 9.17) is 4.98 Å². The van der Waals surface area contributed by atoms with Crippen LogP contribution in [0.4, 0.5) is 0 Å². The van der Waals surface area contributed by atoms with Gasteiger partial charge in [-0.05, 0) is 90.9 Å². The van der Waals surface area contributed by atoms with Gasteiger partial charge >= 0.3 is 0 Å². The highest BCUT2D eigenvalue weighted by atomic mass is 16.3. The molecule has 7 rings (SSSR count). The summed E-state index contributed by atoms with van der Waals surface area (Å²) in [5.41, 5.74) is 9.81. The van der Waals surface area contributed by atoms with Gasteiger partial charge in [0, 0.05) is 11.0 Å². The van der Waals surface area contributed by atoms with E-state index in [0.29, 0.717) is 11.8 Å². The Balaban J connectivity index is 1.35. The highest BCUT2D eigenvalue weighted by molar-refractivity contribution is 5.75. The maximum absolute atomic E-state index is 10.4. The first-order valence-electron chi connectivity index (χ1n) is 14.0. The van der Waals surface area contributed by atoms with Crippen LogP contribution in [0.5, 0.6) is 0 Å². The average Bonchev–Trinajstić information content (AvgIpc) is 3.22. The average molecular weight is 476 g/mol. The zero-order valence-electron chi connectivity index (χ0n) is 21.6. The van der Waals surface area contributed by atoms with Gasteiger partial charge in [-0.25, -0.2) is 0 Å². The van der Waals surface area contributed by atoms with Crippen molar-refractivity contribution in [2.24, 2.45) is 23.2 Å². The predicted molar refractivity (Wildman–Crippen MR) is 147 cm³/mol. The normalized spacial score (nSPS) is 34.7. The number of hydrogen-bond donors (Lipinski definition) is 1. The molecular formula is C34H37NO. The molecule has 2 saturated carbocycles. The Morgan fingerprint density at radius 2 is 1.50 bits per heavy atom. The molecule has 4 aliphatic rings. The summed E-state index contributed by atoms with van der Waals surface area (Å²) >= 11 is 0. The lowest BCUT2D eigenvalue weighted by molar-refractivity contribution is -0.0169. The summed E-state index contributed by atoms with van der Waals surface area (Å²) in [6.45, 7) is 5.05. The summed E-state index contributed by atoms with van der Waals surface area (Å²) in [6.07, 6.45) is 10.2. The van der Waals surface area contributed by atoms with Crippen LogP contribution in [0.25, 0.3) is 22.4 Å². The van der Waals surface area contributed by atoms with Gasteiger partial charge in [0.25, 0.3) is 0 Å². The summed E-state index contributed by atoms with van der Waals surface area (Å²) in [5, 5.41) is 10.4. The number of allylic oxidation sites excluding steroid dienone is 1. The van der Waals surface area contributed by atoms with E-state index in [-0.39, 0.29) is 16.9 Å². The Morgan fingerprint density at radius 3 is 2.25 bits per heavy atom. The lowest BCUT2D eigenvalue weighted by Gasteiger charge is -2.57. The van der Waals surface area contributed by atoms with Gasteiger partial charge in [-0.15, -0.1) is 0 Å². The first-order valence-corrected chi connectivity index (χ1v) is 14.0. The molecule has 184 valence electrons. The molecular weight excluding hydrogens is 438 g/mol. The number of aliphatic hydroxyl groups is 1. The lowest BCUT2D eigenvalue weighted by Crippen LogP contribution is -2.51. The Morgan fingerprint density at radius 1 is 0.806 bits per heavy atom. The van der Waals surface area contributed by atoms with E-state index in [1.807, 2.05) is 0 Å². The van der Waals surface area contributed by atoms with Crippen LogP contribution in [0, 0.1) is 23.2 Å². The quantitative estimate of drug-likeness (QED) is 0.384. The fraction of sp³-hybridized carbons (Fsp3) is 0.441. The van der Waals surface area contributed by atoms with E-state index in [2.05, 4.69) is 86.7 Å². The Kier molecular flexibility index (Phi) is 5.09. The highest BCUT2D eigenvalue weighted by Crippen LogP contribution is 2.64. The molecule has 0 saturated heterocycles. The molecule has 1 aromatic heterocycles. The number of rotatable bonds is 2. The van der Waals surface area contributed by atoms with Gasteiger partial charge in [-0.3, -0.25) is 4.98 Å². The molecule has 2 fully saturated rings. The maximum Gasteiger partial charge on any atom is 0.0711 e. The standard InChI is InChI=1S/C34H37NO/c1-33-17-15-25(36)19-24(33)13-14-26-29(33)16-18-34(2)30(26)20-28-27(22-9-5-3-6-10-22)21-31(35-32(28)34)23-11-7-4-8-12-23/h3-13,21,25-26,29-30,36H,14-20H2,1-2H3/t25-,26?,29?,30?,33-,34-/m0/s1. The molecule has 0 radical (unpaired) electrons. The largest absolute Gasteiger partial charge is 0.393 e. The fourth-order valence-corrected chi connectivity index (χ4v) is 8.74. The summed E-state index contributed by atoms with van der Waals surface area (Å²) in [5.74, 6) is 2.06. The summed E-state index contributed by atoms with van der Waals surface area (Å²) in [6, 6.07) is 24.0. The molecule has 1 heterocycles. The van der Waals surface area contributed by atoms with E-state index in [0.717, 1.165) is 37.3 Å². The van der Waals surface area contributed by atoms with Crippen LogP contribution in [-0.2, 0) is 11.8 Å². The Labute approximate surface area is 215 Å². The number of aromatic nitrogens is 1. The van der Waals surface area contributed by atoms with Crippen molar-refractivity contribution in [1.29, 1.82) is 0 Å². The third kappa shape index (κ3) is 3.23. The van der Waals surface area contributed by atoms with Crippen LogP contribution in [-0.4, -0.2) is 16.2 Å². The summed E-state index contributed by atoms with van der Waals surface area (Å²) in [7, 11) is 0. The topological polar surface area (TPSA) is 33.1 Å². The van der Waals surface area contributed by atoms with Crippen molar-refractivity contribution in [3.8, 4) is 22.4 Å². The van der Waals surface area contributed by atoms with Gasteiger partial charge in [0.15, 0.2) is 0 Å². The lowest BCUT2D eigenvalue weighted by atomic mass is 9.48. The molecule has 0 bridgehead atoms. The van der Waals surface area contributed by atoms with Gasteiger partial charge in [-0.1, -0.05) is 86.2 Å². The SMILES string of the molecule is C[C@]12CC[C@H](O)CC1=CCC1C2CC[C@]2(C)c3nc(-c4ccccc4)cc(-c4ccccc4)c3CC12. The summed E-state index contributed by atoms with van der Waals surface area (Å²) in [4.78, 5) is 5.46. The molecule has 3 unspecified atom stereocenters. The van der Waals surface area contributed by atoms with Crippen LogP contribution < -0.4 is 0 Å². The second-order valence-corrected chi connectivity index (χ2v) is 12.4. The molecule has 2 aromatic carbocycles. The van der Waals surface area contributed by atoms with Gasteiger partial charge in [0.2, 0.25) is 0 Å². The van der Waals surface area contributed by atoms with Crippen LogP contribution in [0.1, 0.15) is 63.6 Å². The van der Waals surface area contributed by atoms with E-state index in [1.54, 1.807) is 5.57 Å². The fourth-order valence-electron chi connectivity index (χ4n) is 8.74. The van der Waals surface area contributed by atoms with Gasteiger partial charge in [-0.2, -0.15) is 0 Å². The van der Waals surface area contributed by atoms with Crippen molar-refractivity contribution >= 4 is 0 Å². The van der Waals surface area contributed by atoms with Crippen molar-refractivity contribution in [3.63, 3.8) is 0 Å². The molecule has 6 atom stereocenters. The third-order valence-electron chi connectivity index (χ3n) is 10.7. The second kappa shape index (κ2) is 8.15. The molecule has 36 heavy (non-hydrogen) atoms. The van der Waals surface area contributed by atoms with E-state index in [1.165, 1.54) is 47.2 Å². The number of benzene rings is 2. The number of pyridine rings is 1. The minimum Gasteiger partial charge on any atom is -0.393 e. The molecule has 2 nitrogen and oxygen atoms in total.